The van der Waals surface area contributed by atoms with E-state index < -0.39 is 6.10 Å². The maximum absolute atomic E-state index is 10.2. The average molecular weight is 301 g/mol. The Labute approximate surface area is 127 Å². The molecule has 3 rings (SSSR count). The Bertz CT molecular complexity index is 728. The molecular formula is C16H13ClN2O2. The maximum Gasteiger partial charge on any atom is 0.229 e. The number of rotatable bonds is 4. The van der Waals surface area contributed by atoms with Gasteiger partial charge in [0.2, 0.25) is 11.7 Å². The van der Waals surface area contributed by atoms with Gasteiger partial charge in [0.15, 0.2) is 0 Å². The highest BCUT2D eigenvalue weighted by molar-refractivity contribution is 6.33. The summed E-state index contributed by atoms with van der Waals surface area (Å²) in [5.74, 6) is 0.803. The highest BCUT2D eigenvalue weighted by Crippen LogP contribution is 2.26. The SMILES string of the molecule is OC(Cc1nc(-c2ccccc2Cl)no1)c1ccccc1. The molecular weight excluding hydrogens is 288 g/mol. The van der Waals surface area contributed by atoms with Crippen molar-refractivity contribution in [2.24, 2.45) is 0 Å². The summed E-state index contributed by atoms with van der Waals surface area (Å²) in [4.78, 5) is 4.28. The molecule has 0 aliphatic carbocycles. The number of aromatic nitrogens is 2. The lowest BCUT2D eigenvalue weighted by Crippen LogP contribution is -2.01. The number of aliphatic hydroxyl groups excluding tert-OH is 1. The van der Waals surface area contributed by atoms with Crippen molar-refractivity contribution >= 4 is 11.6 Å². The number of halogens is 1. The second-order valence-corrected chi connectivity index (χ2v) is 5.03. The Morgan fingerprint density at radius 1 is 1.05 bits per heavy atom. The zero-order valence-corrected chi connectivity index (χ0v) is 11.9. The van der Waals surface area contributed by atoms with Crippen molar-refractivity contribution < 1.29 is 9.63 Å². The van der Waals surface area contributed by atoms with Crippen LogP contribution in [0.5, 0.6) is 0 Å². The van der Waals surface area contributed by atoms with Gasteiger partial charge in [0, 0.05) is 5.56 Å². The molecule has 0 amide bonds. The van der Waals surface area contributed by atoms with Crippen molar-refractivity contribution in [1.82, 2.24) is 10.1 Å². The molecule has 2 aromatic carbocycles. The fourth-order valence-electron chi connectivity index (χ4n) is 2.05. The third kappa shape index (κ3) is 3.12. The molecule has 4 nitrogen and oxygen atoms in total. The number of hydrogen-bond acceptors (Lipinski definition) is 4. The third-order valence-electron chi connectivity index (χ3n) is 3.14. The van der Waals surface area contributed by atoms with E-state index in [9.17, 15) is 5.11 Å². The fraction of sp³-hybridized carbons (Fsp3) is 0.125. The molecule has 1 heterocycles. The van der Waals surface area contributed by atoms with Crippen molar-refractivity contribution in [2.75, 3.05) is 0 Å². The minimum Gasteiger partial charge on any atom is -0.388 e. The third-order valence-corrected chi connectivity index (χ3v) is 3.46. The lowest BCUT2D eigenvalue weighted by Gasteiger charge is -2.07. The monoisotopic (exact) mass is 300 g/mol. The Morgan fingerprint density at radius 2 is 1.76 bits per heavy atom. The molecule has 1 atom stereocenters. The van der Waals surface area contributed by atoms with Crippen LogP contribution in [-0.4, -0.2) is 15.2 Å². The van der Waals surface area contributed by atoms with Crippen LogP contribution in [0, 0.1) is 0 Å². The number of nitrogens with zero attached hydrogens (tertiary/aromatic N) is 2. The van der Waals surface area contributed by atoms with Crippen LogP contribution in [0.2, 0.25) is 5.02 Å². The number of hydrogen-bond donors (Lipinski definition) is 1. The molecule has 0 saturated carbocycles. The van der Waals surface area contributed by atoms with Crippen LogP contribution in [-0.2, 0) is 6.42 Å². The van der Waals surface area contributed by atoms with Crippen LogP contribution >= 0.6 is 11.6 Å². The highest BCUT2D eigenvalue weighted by atomic mass is 35.5. The van der Waals surface area contributed by atoms with Crippen molar-refractivity contribution in [2.45, 2.75) is 12.5 Å². The first-order chi connectivity index (χ1) is 10.2. The Morgan fingerprint density at radius 3 is 2.52 bits per heavy atom. The lowest BCUT2D eigenvalue weighted by molar-refractivity contribution is 0.165. The largest absolute Gasteiger partial charge is 0.388 e. The second-order valence-electron chi connectivity index (χ2n) is 4.62. The average Bonchev–Trinajstić information content (AvgIpc) is 2.97. The normalized spacial score (nSPS) is 12.3. The Hall–Kier alpha value is -2.17. The molecule has 1 N–H and O–H groups in total. The van der Waals surface area contributed by atoms with E-state index in [0.717, 1.165) is 5.56 Å². The second kappa shape index (κ2) is 6.08. The summed E-state index contributed by atoms with van der Waals surface area (Å²) in [6.45, 7) is 0. The molecule has 0 bridgehead atoms. The summed E-state index contributed by atoms with van der Waals surface area (Å²) in [6, 6.07) is 16.7. The van der Waals surface area contributed by atoms with Gasteiger partial charge in [-0.2, -0.15) is 4.98 Å². The van der Waals surface area contributed by atoms with Crippen LogP contribution in [0.3, 0.4) is 0 Å². The first-order valence-corrected chi connectivity index (χ1v) is 6.92. The predicted molar refractivity (Wildman–Crippen MR) is 79.8 cm³/mol. The van der Waals surface area contributed by atoms with E-state index in [1.54, 1.807) is 6.07 Å². The summed E-state index contributed by atoms with van der Waals surface area (Å²) in [5.41, 5.74) is 1.53. The minimum absolute atomic E-state index is 0.265. The first-order valence-electron chi connectivity index (χ1n) is 6.54. The standard InChI is InChI=1S/C16H13ClN2O2/c17-13-9-5-4-8-12(13)16-18-15(21-19-16)10-14(20)11-6-2-1-3-7-11/h1-9,14,20H,10H2. The zero-order chi connectivity index (χ0) is 14.7. The van der Waals surface area contributed by atoms with E-state index in [2.05, 4.69) is 10.1 Å². The van der Waals surface area contributed by atoms with Crippen LogP contribution < -0.4 is 0 Å². The molecule has 5 heteroatoms. The smallest absolute Gasteiger partial charge is 0.229 e. The minimum atomic E-state index is -0.675. The Kier molecular flexibility index (Phi) is 3.99. The first kappa shape index (κ1) is 13.8. The van der Waals surface area contributed by atoms with Gasteiger partial charge in [0.25, 0.3) is 0 Å². The van der Waals surface area contributed by atoms with E-state index in [1.165, 1.54) is 0 Å². The van der Waals surface area contributed by atoms with Gasteiger partial charge in [-0.1, -0.05) is 59.2 Å². The quantitative estimate of drug-likeness (QED) is 0.798. The van der Waals surface area contributed by atoms with Gasteiger partial charge in [-0.25, -0.2) is 0 Å². The van der Waals surface area contributed by atoms with Crippen molar-refractivity contribution in [3.63, 3.8) is 0 Å². The van der Waals surface area contributed by atoms with Crippen LogP contribution in [0.4, 0.5) is 0 Å². The molecule has 0 spiro atoms. The molecule has 0 saturated heterocycles. The van der Waals surface area contributed by atoms with Gasteiger partial charge in [-0.15, -0.1) is 0 Å². The molecule has 106 valence electrons. The van der Waals surface area contributed by atoms with E-state index in [4.69, 9.17) is 16.1 Å². The van der Waals surface area contributed by atoms with Crippen molar-refractivity contribution in [3.05, 3.63) is 71.1 Å². The molecule has 21 heavy (non-hydrogen) atoms. The van der Waals surface area contributed by atoms with E-state index >= 15 is 0 Å². The zero-order valence-electron chi connectivity index (χ0n) is 11.1. The Balaban J connectivity index is 1.78. The summed E-state index contributed by atoms with van der Waals surface area (Å²) in [6.07, 6.45) is -0.410. The molecule has 0 radical (unpaired) electrons. The molecule has 0 aliphatic heterocycles. The van der Waals surface area contributed by atoms with Gasteiger partial charge < -0.3 is 9.63 Å². The number of benzene rings is 2. The summed E-state index contributed by atoms with van der Waals surface area (Å²) in [7, 11) is 0. The summed E-state index contributed by atoms with van der Waals surface area (Å²) >= 11 is 6.10. The van der Waals surface area contributed by atoms with Crippen LogP contribution in [0.15, 0.2) is 59.1 Å². The number of aliphatic hydroxyl groups is 1. The lowest BCUT2D eigenvalue weighted by atomic mass is 10.1. The van der Waals surface area contributed by atoms with Crippen LogP contribution in [0.25, 0.3) is 11.4 Å². The van der Waals surface area contributed by atoms with Gasteiger partial charge in [-0.05, 0) is 17.7 Å². The molecule has 0 aliphatic rings. The van der Waals surface area contributed by atoms with Gasteiger partial charge in [0.1, 0.15) is 0 Å². The molecule has 1 unspecified atom stereocenters. The van der Waals surface area contributed by atoms with Gasteiger partial charge in [0.05, 0.1) is 17.5 Å². The maximum atomic E-state index is 10.2. The summed E-state index contributed by atoms with van der Waals surface area (Å²) < 4.78 is 5.19. The van der Waals surface area contributed by atoms with E-state index in [0.29, 0.717) is 22.3 Å². The van der Waals surface area contributed by atoms with E-state index in [-0.39, 0.29) is 6.42 Å². The fourth-order valence-corrected chi connectivity index (χ4v) is 2.27. The van der Waals surface area contributed by atoms with Crippen molar-refractivity contribution in [3.8, 4) is 11.4 Å². The van der Waals surface area contributed by atoms with Crippen molar-refractivity contribution in [1.29, 1.82) is 0 Å². The topological polar surface area (TPSA) is 59.2 Å². The predicted octanol–water partition coefficient (Wildman–Crippen LogP) is 3.67. The molecule has 0 fully saturated rings. The van der Waals surface area contributed by atoms with Gasteiger partial charge in [-0.3, -0.25) is 0 Å². The molecule has 3 aromatic rings. The van der Waals surface area contributed by atoms with Gasteiger partial charge >= 0.3 is 0 Å². The highest BCUT2D eigenvalue weighted by Gasteiger charge is 2.15. The van der Waals surface area contributed by atoms with E-state index in [1.807, 2.05) is 48.5 Å². The molecule has 1 aromatic heterocycles. The summed E-state index contributed by atoms with van der Waals surface area (Å²) in [5, 5.41) is 14.6. The van der Waals surface area contributed by atoms with Crippen LogP contribution in [0.1, 0.15) is 17.6 Å².